The molecule has 7 aromatic rings. The summed E-state index contributed by atoms with van der Waals surface area (Å²) in [6.45, 7) is 11.4. The number of pyridine rings is 2. The topological polar surface area (TPSA) is 25.8 Å². The van der Waals surface area contributed by atoms with Crippen LogP contribution >= 0.6 is 11.3 Å². The molecule has 0 saturated heterocycles. The Balaban J connectivity index is 0.000000217. The van der Waals surface area contributed by atoms with Crippen molar-refractivity contribution in [1.29, 1.82) is 0 Å². The number of hydrogen-bond acceptors (Lipinski definition) is 3. The van der Waals surface area contributed by atoms with Crippen LogP contribution in [-0.4, -0.2) is 31.3 Å². The predicted octanol–water partition coefficient (Wildman–Crippen LogP) is 10.8. The Bertz CT molecular complexity index is 2140. The van der Waals surface area contributed by atoms with Crippen molar-refractivity contribution in [3.8, 4) is 22.5 Å². The molecule has 0 aliphatic rings. The first-order valence-corrected chi connectivity index (χ1v) is 27.8. The summed E-state index contributed by atoms with van der Waals surface area (Å²) in [7, 11) is -1.23. The van der Waals surface area contributed by atoms with Gasteiger partial charge in [0.15, 0.2) is 0 Å². The summed E-state index contributed by atoms with van der Waals surface area (Å²) in [6.07, 6.45) is 3.94. The smallest absolute Gasteiger partial charge is 0.0795 e. The Morgan fingerprint density at radius 3 is 2.21 bits per heavy atom. The van der Waals surface area contributed by atoms with Gasteiger partial charge in [0.05, 0.1) is 8.07 Å². The molecule has 2 nitrogen and oxygen atoms in total. The zero-order valence-corrected chi connectivity index (χ0v) is 34.8. The maximum Gasteiger partial charge on any atom is 0.0795 e. The van der Waals surface area contributed by atoms with Gasteiger partial charge in [0.2, 0.25) is 0 Å². The Hall–Kier alpha value is -2.93. The van der Waals surface area contributed by atoms with Crippen LogP contribution in [-0.2, 0) is 20.1 Å². The van der Waals surface area contributed by atoms with Gasteiger partial charge in [0.1, 0.15) is 0 Å². The molecule has 0 aliphatic carbocycles. The monoisotopic (exact) mass is 889 g/mol. The van der Waals surface area contributed by atoms with Crippen LogP contribution in [0.4, 0.5) is 0 Å². The van der Waals surface area contributed by atoms with E-state index in [4.69, 9.17) is 0 Å². The quantitative estimate of drug-likeness (QED) is 0.127. The number of thiophene rings is 1. The summed E-state index contributed by atoms with van der Waals surface area (Å²) in [5, 5.41) is 6.80. The van der Waals surface area contributed by atoms with Gasteiger partial charge in [0.25, 0.3) is 0 Å². The molecule has 0 saturated carbocycles. The van der Waals surface area contributed by atoms with Crippen LogP contribution in [0.3, 0.4) is 0 Å². The van der Waals surface area contributed by atoms with Gasteiger partial charge in [-0.1, -0.05) is 45.6 Å². The minimum Gasteiger partial charge on any atom is -0.305 e. The van der Waals surface area contributed by atoms with Gasteiger partial charge in [0, 0.05) is 26.3 Å². The number of rotatable bonds is 5. The maximum atomic E-state index is 4.64. The van der Waals surface area contributed by atoms with Crippen molar-refractivity contribution in [2.24, 2.45) is 0 Å². The fourth-order valence-electron chi connectivity index (χ4n) is 5.67. The van der Waals surface area contributed by atoms with E-state index in [9.17, 15) is 0 Å². The molecule has 6 heteroatoms. The van der Waals surface area contributed by atoms with E-state index in [2.05, 4.69) is 140 Å². The van der Waals surface area contributed by atoms with Gasteiger partial charge in [-0.2, -0.15) is 0 Å². The zero-order chi connectivity index (χ0) is 32.6. The Labute approximate surface area is 301 Å². The molecule has 241 valence electrons. The van der Waals surface area contributed by atoms with Crippen LogP contribution < -0.4 is 9.58 Å². The van der Waals surface area contributed by atoms with Crippen LogP contribution in [0.2, 0.25) is 36.9 Å². The van der Waals surface area contributed by atoms with Crippen molar-refractivity contribution in [3.63, 3.8) is 0 Å². The number of nitrogens with zero attached hydrogens (tertiary/aromatic N) is 2. The number of fused-ring (bicyclic) bond motifs is 5. The maximum absolute atomic E-state index is 4.64. The van der Waals surface area contributed by atoms with Gasteiger partial charge in [-0.3, -0.25) is 0 Å². The van der Waals surface area contributed by atoms with E-state index in [1.807, 2.05) is 48.0 Å². The van der Waals surface area contributed by atoms with E-state index < -0.39 is 21.3 Å². The molecule has 0 unspecified atom stereocenters. The third-order valence-electron chi connectivity index (χ3n) is 8.59. The SMILES string of the molecule is CC(C)c1ccnc(-c2[c-]cc3sc4ccc5c[c]([Ge]([CH3])([CH3])[CH3])ccc5c4c3c2)c1.C[Si](C)(C)c1ccc(-c2[c-]cccc2)nc1.[Ir]. The summed E-state index contributed by atoms with van der Waals surface area (Å²) >= 11 is 0.00545. The summed E-state index contributed by atoms with van der Waals surface area (Å²) < 4.78 is 4.20. The number of aromatic nitrogens is 2. The number of benzene rings is 4. The van der Waals surface area contributed by atoms with Crippen LogP contribution in [0.1, 0.15) is 25.3 Å². The van der Waals surface area contributed by atoms with Crippen LogP contribution in [0, 0.1) is 12.1 Å². The van der Waals surface area contributed by atoms with E-state index in [0.717, 1.165) is 22.5 Å². The second-order valence-electron chi connectivity index (χ2n) is 14.4. The molecule has 4 aromatic carbocycles. The van der Waals surface area contributed by atoms with E-state index in [1.54, 1.807) is 4.40 Å². The van der Waals surface area contributed by atoms with Crippen molar-refractivity contribution >= 4 is 73.2 Å². The van der Waals surface area contributed by atoms with Crippen LogP contribution in [0.15, 0.2) is 103 Å². The fourth-order valence-corrected chi connectivity index (χ4v) is 10.2. The largest absolute Gasteiger partial charge is 0.305 e. The summed E-state index contributed by atoms with van der Waals surface area (Å²) in [5.41, 5.74) is 5.45. The van der Waals surface area contributed by atoms with Gasteiger partial charge in [-0.15, -0.1) is 35.9 Å². The van der Waals surface area contributed by atoms with E-state index in [-0.39, 0.29) is 20.1 Å². The Morgan fingerprint density at radius 2 is 1.55 bits per heavy atom. The molecule has 0 atom stereocenters. The van der Waals surface area contributed by atoms with Gasteiger partial charge in [-0.25, -0.2) is 0 Å². The fraction of sp³-hybridized carbons (Fsp3) is 0.220. The van der Waals surface area contributed by atoms with Gasteiger partial charge in [-0.05, 0) is 10.9 Å². The standard InChI is InChI=1S/C27H26GeNS.C14H16NSi.Ir/c1-17(2)18-12-13-29-24(16-18)20-7-10-25-23(15-20)27-22-9-8-21(28(3,4)5)14-19(22)6-11-26(27)30-25;1-16(2,3)13-9-10-14(15-11-13)12-7-5-4-6-8-12;/h6,8-17H,1-5H3;4-7,9-11H,1-3H3;/q2*-1;. The molecule has 3 heterocycles. The first-order chi connectivity index (χ1) is 21.9. The van der Waals surface area contributed by atoms with E-state index >= 15 is 0 Å². The second kappa shape index (κ2) is 14.3. The minimum absolute atomic E-state index is 0. The Kier molecular flexibility index (Phi) is 10.7. The van der Waals surface area contributed by atoms with E-state index in [0.29, 0.717) is 5.92 Å². The third kappa shape index (κ3) is 7.87. The molecule has 0 fully saturated rings. The molecule has 7 rings (SSSR count). The van der Waals surface area contributed by atoms with Gasteiger partial charge < -0.3 is 4.98 Å². The summed E-state index contributed by atoms with van der Waals surface area (Å²) in [5.74, 6) is 7.86. The molecule has 0 aliphatic heterocycles. The number of hydrogen-bond donors (Lipinski definition) is 0. The molecule has 1 radical (unpaired) electrons. The minimum atomic E-state index is -1.85. The first-order valence-electron chi connectivity index (χ1n) is 16.1. The third-order valence-corrected chi connectivity index (χ3v) is 16.0. The molecule has 0 N–H and O–H groups in total. The average Bonchev–Trinajstić information content (AvgIpc) is 3.43. The normalized spacial score (nSPS) is 11.9. The second-order valence-corrected chi connectivity index (χ2v) is 31.3. The summed E-state index contributed by atoms with van der Waals surface area (Å²) in [6, 6.07) is 39.4. The molecule has 0 bridgehead atoms. The molecule has 0 spiro atoms. The Morgan fingerprint density at radius 1 is 0.745 bits per heavy atom. The van der Waals surface area contributed by atoms with E-state index in [1.165, 1.54) is 41.7 Å². The molecule has 47 heavy (non-hydrogen) atoms. The van der Waals surface area contributed by atoms with Crippen molar-refractivity contribution in [2.75, 3.05) is 0 Å². The van der Waals surface area contributed by atoms with Crippen molar-refractivity contribution in [2.45, 2.75) is 56.7 Å². The van der Waals surface area contributed by atoms with Gasteiger partial charge >= 0.3 is 172 Å². The first kappa shape index (κ1) is 35.4. The molecular formula is C41H42GeIrN2SSi-2. The molecule has 0 amide bonds. The zero-order valence-electron chi connectivity index (χ0n) is 28.5. The summed E-state index contributed by atoms with van der Waals surface area (Å²) in [4.78, 5) is 9.16. The molecule has 3 aromatic heterocycles. The van der Waals surface area contributed by atoms with Crippen LogP contribution in [0.5, 0.6) is 0 Å². The van der Waals surface area contributed by atoms with Crippen molar-refractivity contribution < 1.29 is 20.1 Å². The predicted molar refractivity (Wildman–Crippen MR) is 207 cm³/mol. The van der Waals surface area contributed by atoms with Crippen LogP contribution in [0.25, 0.3) is 53.5 Å². The van der Waals surface area contributed by atoms with Crippen molar-refractivity contribution in [1.82, 2.24) is 9.97 Å². The van der Waals surface area contributed by atoms with Crippen molar-refractivity contribution in [3.05, 3.63) is 121 Å². The molecular weight excluding hydrogens is 845 g/mol. The average molecular weight is 888 g/mol.